The van der Waals surface area contributed by atoms with Crippen LogP contribution in [0.1, 0.15) is 5.56 Å². The van der Waals surface area contributed by atoms with E-state index >= 15 is 0 Å². The van der Waals surface area contributed by atoms with Gasteiger partial charge in [0.25, 0.3) is 0 Å². The molecule has 4 aromatic rings. The summed E-state index contributed by atoms with van der Waals surface area (Å²) in [6.07, 6.45) is 6.78. The maximum Gasteiger partial charge on any atom is 0.215 e. The number of H-pyrrole nitrogens is 1. The minimum Gasteiger partial charge on any atom is -0.491 e. The zero-order chi connectivity index (χ0) is 22.0. The number of halogens is 2. The number of rotatable bonds is 7. The van der Waals surface area contributed by atoms with Crippen molar-refractivity contribution in [1.82, 2.24) is 19.7 Å². The Morgan fingerprint density at radius 2 is 2.03 bits per heavy atom. The van der Waals surface area contributed by atoms with Crippen molar-refractivity contribution in [2.75, 3.05) is 13.2 Å². The van der Waals surface area contributed by atoms with Crippen molar-refractivity contribution in [3.8, 4) is 17.0 Å². The molecule has 2 aromatic heterocycles. The number of nitrogens with zero attached hydrogens (tertiary/aromatic N) is 3. The van der Waals surface area contributed by atoms with Crippen molar-refractivity contribution < 1.29 is 14.2 Å². The summed E-state index contributed by atoms with van der Waals surface area (Å²) in [4.78, 5) is 4.11. The number of hydrogen-bond donors (Lipinski definition) is 1. The molecule has 0 bridgehead atoms. The third kappa shape index (κ3) is 4.38. The summed E-state index contributed by atoms with van der Waals surface area (Å²) in [5.74, 6) is -0.329. The Hall–Kier alpha value is -2.84. The number of ether oxygens (including phenoxy) is 3. The van der Waals surface area contributed by atoms with Gasteiger partial charge in [-0.05, 0) is 42.5 Å². The quantitative estimate of drug-likeness (QED) is 0.414. The number of nitrogens with one attached hydrogen (secondary N) is 1. The van der Waals surface area contributed by atoms with Crippen molar-refractivity contribution in [2.45, 2.75) is 18.4 Å². The number of benzene rings is 2. The summed E-state index contributed by atoms with van der Waals surface area (Å²) in [6.45, 7) is 1.08. The van der Waals surface area contributed by atoms with E-state index in [1.165, 1.54) is 0 Å². The lowest BCUT2D eigenvalue weighted by Gasteiger charge is -2.30. The average Bonchev–Trinajstić information content (AvgIpc) is 3.56. The fourth-order valence-corrected chi connectivity index (χ4v) is 4.26. The van der Waals surface area contributed by atoms with E-state index in [1.807, 2.05) is 47.2 Å². The molecule has 164 valence electrons. The fraction of sp³-hybridized carbons (Fsp3) is 0.217. The predicted octanol–water partition coefficient (Wildman–Crippen LogP) is 4.93. The third-order valence-electron chi connectivity index (χ3n) is 5.24. The highest BCUT2D eigenvalue weighted by atomic mass is 35.5. The summed E-state index contributed by atoms with van der Waals surface area (Å²) in [5.41, 5.74) is 2.60. The number of imidazole rings is 1. The van der Waals surface area contributed by atoms with Gasteiger partial charge in [-0.3, -0.25) is 5.10 Å². The molecule has 0 amide bonds. The minimum atomic E-state index is -1.07. The summed E-state index contributed by atoms with van der Waals surface area (Å²) >= 11 is 12.6. The van der Waals surface area contributed by atoms with Gasteiger partial charge < -0.3 is 18.8 Å². The van der Waals surface area contributed by atoms with Crippen LogP contribution in [0, 0.1) is 0 Å². The van der Waals surface area contributed by atoms with E-state index in [0.717, 1.165) is 17.0 Å². The smallest absolute Gasteiger partial charge is 0.215 e. The van der Waals surface area contributed by atoms with Gasteiger partial charge in [-0.1, -0.05) is 29.3 Å². The second kappa shape index (κ2) is 8.96. The molecule has 0 spiro atoms. The van der Waals surface area contributed by atoms with E-state index in [9.17, 15) is 0 Å². The highest BCUT2D eigenvalue weighted by Crippen LogP contribution is 2.40. The molecule has 32 heavy (non-hydrogen) atoms. The predicted molar refractivity (Wildman–Crippen MR) is 121 cm³/mol. The molecule has 2 unspecified atom stereocenters. The molecule has 0 radical (unpaired) electrons. The minimum absolute atomic E-state index is 0.281. The normalized spacial score (nSPS) is 20.5. The Kier molecular flexibility index (Phi) is 5.89. The Morgan fingerprint density at radius 3 is 2.75 bits per heavy atom. The zero-order valence-electron chi connectivity index (χ0n) is 16.9. The monoisotopic (exact) mass is 470 g/mol. The van der Waals surface area contributed by atoms with Crippen molar-refractivity contribution in [2.24, 2.45) is 0 Å². The van der Waals surface area contributed by atoms with Crippen LogP contribution in [0.4, 0.5) is 0 Å². The van der Waals surface area contributed by atoms with E-state index in [0.29, 0.717) is 35.4 Å². The molecule has 9 heteroatoms. The molecule has 0 saturated carbocycles. The van der Waals surface area contributed by atoms with Gasteiger partial charge in [0.2, 0.25) is 5.79 Å². The molecule has 2 atom stereocenters. The first kappa shape index (κ1) is 21.0. The van der Waals surface area contributed by atoms with Gasteiger partial charge in [0.15, 0.2) is 0 Å². The summed E-state index contributed by atoms with van der Waals surface area (Å²) in [6, 6.07) is 15.0. The van der Waals surface area contributed by atoms with Crippen molar-refractivity contribution >= 4 is 23.2 Å². The molecule has 1 saturated heterocycles. The Labute approximate surface area is 194 Å². The lowest BCUT2D eigenvalue weighted by atomic mass is 10.1. The summed E-state index contributed by atoms with van der Waals surface area (Å²) < 4.78 is 20.5. The van der Waals surface area contributed by atoms with Crippen LogP contribution in [-0.4, -0.2) is 39.1 Å². The SMILES string of the molecule is Clc1ccc(C2(Cn3ccnc3)OCC(COc3ccc(-c4cc[nH]n4)cc3)O2)c(Cl)c1. The summed E-state index contributed by atoms with van der Waals surface area (Å²) in [7, 11) is 0. The van der Waals surface area contributed by atoms with Gasteiger partial charge in [0, 0.05) is 34.7 Å². The zero-order valence-corrected chi connectivity index (χ0v) is 18.5. The average molecular weight is 471 g/mol. The number of aromatic nitrogens is 4. The van der Waals surface area contributed by atoms with E-state index in [2.05, 4.69) is 15.2 Å². The molecule has 5 rings (SSSR count). The van der Waals surface area contributed by atoms with Crippen LogP contribution >= 0.6 is 23.2 Å². The van der Waals surface area contributed by atoms with Gasteiger partial charge in [0.1, 0.15) is 18.5 Å². The highest BCUT2D eigenvalue weighted by molar-refractivity contribution is 6.35. The van der Waals surface area contributed by atoms with Crippen molar-refractivity contribution in [3.05, 3.63) is 89.1 Å². The Balaban J connectivity index is 1.30. The first-order valence-corrected chi connectivity index (χ1v) is 10.8. The van der Waals surface area contributed by atoms with E-state index in [-0.39, 0.29) is 6.10 Å². The van der Waals surface area contributed by atoms with Crippen LogP contribution in [0.3, 0.4) is 0 Å². The molecule has 1 fully saturated rings. The van der Waals surface area contributed by atoms with Crippen molar-refractivity contribution in [1.29, 1.82) is 0 Å². The highest BCUT2D eigenvalue weighted by Gasteiger charge is 2.45. The second-order valence-corrected chi connectivity index (χ2v) is 8.30. The molecular weight excluding hydrogens is 451 g/mol. The van der Waals surface area contributed by atoms with Crippen LogP contribution in [0.2, 0.25) is 10.0 Å². The molecule has 1 aliphatic rings. The third-order valence-corrected chi connectivity index (χ3v) is 5.79. The van der Waals surface area contributed by atoms with Gasteiger partial charge in [-0.15, -0.1) is 0 Å². The molecule has 3 heterocycles. The number of hydrogen-bond acceptors (Lipinski definition) is 5. The molecule has 0 aliphatic carbocycles. The fourth-order valence-electron chi connectivity index (χ4n) is 3.71. The van der Waals surface area contributed by atoms with Gasteiger partial charge in [0.05, 0.1) is 30.2 Å². The molecule has 1 N–H and O–H groups in total. The lowest BCUT2D eigenvalue weighted by molar-refractivity contribution is -0.189. The number of aromatic amines is 1. The van der Waals surface area contributed by atoms with Crippen LogP contribution in [0.5, 0.6) is 5.75 Å². The maximum atomic E-state index is 6.51. The second-order valence-electron chi connectivity index (χ2n) is 7.46. The van der Waals surface area contributed by atoms with Crippen LogP contribution < -0.4 is 4.74 Å². The maximum absolute atomic E-state index is 6.51. The van der Waals surface area contributed by atoms with Crippen LogP contribution in [0.15, 0.2) is 73.4 Å². The molecule has 1 aliphatic heterocycles. The summed E-state index contributed by atoms with van der Waals surface area (Å²) in [5, 5.41) is 8.03. The topological polar surface area (TPSA) is 74.2 Å². The van der Waals surface area contributed by atoms with E-state index in [4.69, 9.17) is 37.4 Å². The standard InChI is InChI=1S/C23H20Cl2N4O3/c24-17-3-6-20(21(25)11-17)23(14-29-10-9-26-15-29)31-13-19(32-23)12-30-18-4-1-16(2-5-18)22-7-8-27-28-22/h1-11,15,19H,12-14H2,(H,27,28). The largest absolute Gasteiger partial charge is 0.491 e. The first-order valence-electron chi connectivity index (χ1n) is 10.1. The molecular formula is C23H20Cl2N4O3. The van der Waals surface area contributed by atoms with E-state index < -0.39 is 5.79 Å². The van der Waals surface area contributed by atoms with Crippen LogP contribution in [-0.2, 0) is 21.8 Å². The van der Waals surface area contributed by atoms with Gasteiger partial charge >= 0.3 is 0 Å². The Bertz CT molecular complexity index is 1170. The van der Waals surface area contributed by atoms with Crippen molar-refractivity contribution in [3.63, 3.8) is 0 Å². The first-order chi connectivity index (χ1) is 15.6. The van der Waals surface area contributed by atoms with Crippen LogP contribution in [0.25, 0.3) is 11.3 Å². The molecule has 7 nitrogen and oxygen atoms in total. The van der Waals surface area contributed by atoms with Gasteiger partial charge in [-0.25, -0.2) is 4.98 Å². The van der Waals surface area contributed by atoms with Gasteiger partial charge in [-0.2, -0.15) is 5.10 Å². The molecule has 2 aromatic carbocycles. The Morgan fingerprint density at radius 1 is 1.16 bits per heavy atom. The van der Waals surface area contributed by atoms with E-state index in [1.54, 1.807) is 30.9 Å². The lowest BCUT2D eigenvalue weighted by Crippen LogP contribution is -2.34.